The number of hydrogen-bond donors (Lipinski definition) is 5. The van der Waals surface area contributed by atoms with Crippen LogP contribution in [0.15, 0.2) is 12.1 Å². The van der Waals surface area contributed by atoms with Gasteiger partial charge in [-0.2, -0.15) is 8.42 Å². The molecule has 1 aliphatic heterocycles. The third-order valence-electron chi connectivity index (χ3n) is 4.67. The first kappa shape index (κ1) is 22.7. The monoisotopic (exact) mass is 392 g/mol. The van der Waals surface area contributed by atoms with Crippen LogP contribution in [0.2, 0.25) is 0 Å². The summed E-state index contributed by atoms with van der Waals surface area (Å²) in [7, 11) is -4.67. The first-order valence-corrected chi connectivity index (χ1v) is 9.82. The normalized spacial score (nSPS) is 20.0. The van der Waals surface area contributed by atoms with E-state index in [-0.39, 0.29) is 13.6 Å². The number of rotatable bonds is 4. The minimum Gasteiger partial charge on any atom is -0.399 e. The molecule has 0 amide bonds. The summed E-state index contributed by atoms with van der Waals surface area (Å²) < 4.78 is 31.6. The number of fused-ring (bicyclic) bond motifs is 1. The van der Waals surface area contributed by atoms with E-state index in [4.69, 9.17) is 28.4 Å². The Bertz CT molecular complexity index is 718. The molecule has 0 spiro atoms. The zero-order valence-corrected chi connectivity index (χ0v) is 16.5. The molecule has 0 saturated carbocycles. The van der Waals surface area contributed by atoms with Gasteiger partial charge in [-0.25, -0.2) is 0 Å². The van der Waals surface area contributed by atoms with Gasteiger partial charge in [-0.15, -0.1) is 0 Å². The number of benzene rings is 1. The molecule has 2 rings (SSSR count). The molecule has 0 aromatic heterocycles. The summed E-state index contributed by atoms with van der Waals surface area (Å²) in [4.78, 5) is 2.35. The summed E-state index contributed by atoms with van der Waals surface area (Å²) in [6.45, 7) is 9.31. The number of nitrogens with two attached hydrogens (primary N) is 1. The Labute approximate surface area is 156 Å². The molecule has 0 aliphatic carbocycles. The van der Waals surface area contributed by atoms with Gasteiger partial charge in [-0.1, -0.05) is 6.92 Å². The Morgan fingerprint density at radius 2 is 1.92 bits per heavy atom. The van der Waals surface area contributed by atoms with Crippen LogP contribution >= 0.6 is 0 Å². The van der Waals surface area contributed by atoms with E-state index >= 15 is 0 Å². The van der Waals surface area contributed by atoms with E-state index < -0.39 is 16.5 Å². The van der Waals surface area contributed by atoms with Gasteiger partial charge in [0.05, 0.1) is 12.7 Å². The van der Waals surface area contributed by atoms with Crippen molar-refractivity contribution in [2.24, 2.45) is 0 Å². The maximum Gasteiger partial charge on any atom is 0.394 e. The van der Waals surface area contributed by atoms with E-state index in [2.05, 4.69) is 37.8 Å². The fourth-order valence-corrected chi connectivity index (χ4v) is 3.44. The van der Waals surface area contributed by atoms with Crippen molar-refractivity contribution in [3.8, 4) is 0 Å². The highest BCUT2D eigenvalue weighted by atomic mass is 32.3. The average molecular weight is 393 g/mol. The zero-order chi connectivity index (χ0) is 20.3. The zero-order valence-electron chi connectivity index (χ0n) is 15.7. The van der Waals surface area contributed by atoms with Crippen LogP contribution in [0.1, 0.15) is 52.1 Å². The van der Waals surface area contributed by atoms with Crippen LogP contribution < -0.4 is 10.6 Å². The standard InChI is InChI=1S/C17H28N2O2.H2O4S.H2/c1-11-7-16-14(8-15(11)18)12(2)9-17(3,4)19(16)6-5-13(21)10-20;1-5(2,3)4;/h7-8,12-13,20-21H,5-6,9-10,18H2,1-4H3;(H2,1,2,3,4);1H. The van der Waals surface area contributed by atoms with Crippen molar-refractivity contribution in [1.82, 2.24) is 0 Å². The second-order valence-corrected chi connectivity index (χ2v) is 8.31. The van der Waals surface area contributed by atoms with Gasteiger partial charge in [0.15, 0.2) is 0 Å². The molecule has 1 aromatic rings. The van der Waals surface area contributed by atoms with Crippen LogP contribution in [-0.2, 0) is 10.4 Å². The molecular formula is C17H32N2O6S. The van der Waals surface area contributed by atoms with Gasteiger partial charge in [0, 0.05) is 24.9 Å². The maximum atomic E-state index is 9.66. The topological polar surface area (TPSA) is 144 Å². The Balaban J connectivity index is 0.00000100. The lowest BCUT2D eigenvalue weighted by molar-refractivity contribution is 0.0884. The van der Waals surface area contributed by atoms with Crippen LogP contribution in [0.25, 0.3) is 0 Å². The van der Waals surface area contributed by atoms with Crippen LogP contribution in [0, 0.1) is 6.92 Å². The molecule has 6 N–H and O–H groups in total. The van der Waals surface area contributed by atoms with Crippen LogP contribution in [-0.4, -0.2) is 52.5 Å². The molecule has 1 aromatic carbocycles. The highest BCUT2D eigenvalue weighted by Gasteiger charge is 2.36. The molecule has 8 nitrogen and oxygen atoms in total. The first-order chi connectivity index (χ1) is 11.8. The van der Waals surface area contributed by atoms with Crippen LogP contribution in [0.5, 0.6) is 0 Å². The van der Waals surface area contributed by atoms with Gasteiger partial charge in [0.2, 0.25) is 0 Å². The molecule has 1 heterocycles. The third-order valence-corrected chi connectivity index (χ3v) is 4.67. The number of aliphatic hydroxyl groups is 2. The van der Waals surface area contributed by atoms with Crippen LogP contribution in [0.4, 0.5) is 11.4 Å². The lowest BCUT2D eigenvalue weighted by atomic mass is 9.79. The summed E-state index contributed by atoms with van der Waals surface area (Å²) in [5, 5.41) is 18.7. The predicted octanol–water partition coefficient (Wildman–Crippen LogP) is 2.01. The van der Waals surface area contributed by atoms with Gasteiger partial charge >= 0.3 is 10.4 Å². The SMILES string of the molecule is Cc1cc2c(cc1N)C(C)CC(C)(C)N2CCC(O)CO.O=S(=O)(O)O.[HH]. The number of hydrogen-bond acceptors (Lipinski definition) is 6. The second kappa shape index (κ2) is 8.53. The van der Waals surface area contributed by atoms with Gasteiger partial charge < -0.3 is 20.8 Å². The molecule has 0 radical (unpaired) electrons. The molecule has 2 unspecified atom stereocenters. The van der Waals surface area contributed by atoms with Crippen molar-refractivity contribution in [1.29, 1.82) is 0 Å². The number of aryl methyl sites for hydroxylation is 1. The Morgan fingerprint density at radius 3 is 2.42 bits per heavy atom. The van der Waals surface area contributed by atoms with E-state index in [1.54, 1.807) is 0 Å². The third kappa shape index (κ3) is 6.40. The smallest absolute Gasteiger partial charge is 0.394 e. The number of nitrogens with zero attached hydrogens (tertiary/aromatic N) is 1. The Kier molecular flexibility index (Phi) is 7.43. The number of nitrogen functional groups attached to an aromatic ring is 1. The lowest BCUT2D eigenvalue weighted by Gasteiger charge is -2.48. The van der Waals surface area contributed by atoms with E-state index in [0.29, 0.717) is 12.3 Å². The maximum absolute atomic E-state index is 9.66. The lowest BCUT2D eigenvalue weighted by Crippen LogP contribution is -2.49. The molecule has 9 heteroatoms. The molecule has 1 aliphatic rings. The van der Waals surface area contributed by atoms with Crippen molar-refractivity contribution < 1.29 is 29.2 Å². The molecule has 26 heavy (non-hydrogen) atoms. The predicted molar refractivity (Wildman–Crippen MR) is 104 cm³/mol. The van der Waals surface area contributed by atoms with E-state index in [1.165, 1.54) is 11.3 Å². The van der Waals surface area contributed by atoms with Crippen molar-refractivity contribution in [3.05, 3.63) is 23.3 Å². The summed E-state index contributed by atoms with van der Waals surface area (Å²) in [6, 6.07) is 4.26. The molecule has 0 bridgehead atoms. The summed E-state index contributed by atoms with van der Waals surface area (Å²) >= 11 is 0. The number of aliphatic hydroxyl groups excluding tert-OH is 2. The average Bonchev–Trinajstić information content (AvgIpc) is 2.46. The molecule has 152 valence electrons. The minimum absolute atomic E-state index is 0. The number of anilines is 2. The van der Waals surface area contributed by atoms with Gasteiger partial charge in [0.25, 0.3) is 0 Å². The van der Waals surface area contributed by atoms with Gasteiger partial charge in [0.1, 0.15) is 0 Å². The molecule has 0 fully saturated rings. The van der Waals surface area contributed by atoms with E-state index in [0.717, 1.165) is 24.2 Å². The van der Waals surface area contributed by atoms with Gasteiger partial charge in [-0.3, -0.25) is 9.11 Å². The molecular weight excluding hydrogens is 360 g/mol. The Morgan fingerprint density at radius 1 is 1.38 bits per heavy atom. The first-order valence-electron chi connectivity index (χ1n) is 8.42. The van der Waals surface area contributed by atoms with Crippen molar-refractivity contribution in [2.45, 2.75) is 58.1 Å². The van der Waals surface area contributed by atoms with E-state index in [9.17, 15) is 5.11 Å². The van der Waals surface area contributed by atoms with Crippen molar-refractivity contribution in [2.75, 3.05) is 23.8 Å². The largest absolute Gasteiger partial charge is 0.399 e. The highest BCUT2D eigenvalue weighted by molar-refractivity contribution is 7.79. The van der Waals surface area contributed by atoms with Crippen molar-refractivity contribution >= 4 is 21.8 Å². The van der Waals surface area contributed by atoms with Crippen LogP contribution in [0.3, 0.4) is 0 Å². The van der Waals surface area contributed by atoms with Crippen molar-refractivity contribution in [3.63, 3.8) is 0 Å². The van der Waals surface area contributed by atoms with E-state index in [1.807, 2.05) is 6.92 Å². The second-order valence-electron chi connectivity index (χ2n) is 7.41. The quantitative estimate of drug-likeness (QED) is 0.386. The summed E-state index contributed by atoms with van der Waals surface area (Å²) in [6.07, 6.45) is 0.966. The highest BCUT2D eigenvalue weighted by Crippen LogP contribution is 2.44. The molecule has 2 atom stereocenters. The summed E-state index contributed by atoms with van der Waals surface area (Å²) in [5.41, 5.74) is 10.5. The molecule has 0 saturated heterocycles. The Hall–Kier alpha value is -1.39. The minimum atomic E-state index is -4.67. The fourth-order valence-electron chi connectivity index (χ4n) is 3.44. The summed E-state index contributed by atoms with van der Waals surface area (Å²) in [5.74, 6) is 0.469. The van der Waals surface area contributed by atoms with Gasteiger partial charge in [-0.05, 0) is 62.8 Å². The fraction of sp³-hybridized carbons (Fsp3) is 0.647.